The van der Waals surface area contributed by atoms with Crippen molar-refractivity contribution in [3.63, 3.8) is 0 Å². The SMILES string of the molecule is CCN(CC)CCCN(CC)CC(NC)C(=O)OC. The lowest BCUT2D eigenvalue weighted by atomic mass is 10.2. The number of methoxy groups -OCH3 is 1. The molecule has 0 heterocycles. The minimum Gasteiger partial charge on any atom is -0.468 e. The summed E-state index contributed by atoms with van der Waals surface area (Å²) in [6, 6.07) is -0.238. The van der Waals surface area contributed by atoms with Gasteiger partial charge in [0.05, 0.1) is 7.11 Å². The summed E-state index contributed by atoms with van der Waals surface area (Å²) in [5.41, 5.74) is 0. The molecule has 1 atom stereocenters. The van der Waals surface area contributed by atoms with Crippen LogP contribution in [-0.2, 0) is 9.53 Å². The number of rotatable bonds is 11. The fraction of sp³-hybridized carbons (Fsp3) is 0.929. The Labute approximate surface area is 118 Å². The molecule has 0 aliphatic carbocycles. The van der Waals surface area contributed by atoms with E-state index < -0.39 is 0 Å². The van der Waals surface area contributed by atoms with Crippen LogP contribution in [0.2, 0.25) is 0 Å². The third kappa shape index (κ3) is 7.50. The summed E-state index contributed by atoms with van der Waals surface area (Å²) in [5, 5.41) is 3.01. The number of likely N-dealkylation sites (N-methyl/N-ethyl adjacent to an activating group) is 2. The van der Waals surface area contributed by atoms with Crippen LogP contribution in [0.1, 0.15) is 27.2 Å². The topological polar surface area (TPSA) is 44.8 Å². The van der Waals surface area contributed by atoms with Gasteiger partial charge in [-0.1, -0.05) is 20.8 Å². The highest BCUT2D eigenvalue weighted by atomic mass is 16.5. The molecule has 0 amide bonds. The number of nitrogens with one attached hydrogen (secondary N) is 1. The van der Waals surface area contributed by atoms with Crippen LogP contribution in [-0.4, -0.2) is 75.2 Å². The molecule has 0 aromatic carbocycles. The zero-order valence-corrected chi connectivity index (χ0v) is 13.2. The second-order valence-electron chi connectivity index (χ2n) is 4.64. The van der Waals surface area contributed by atoms with Gasteiger partial charge in [0.25, 0.3) is 0 Å². The highest BCUT2D eigenvalue weighted by molar-refractivity contribution is 5.75. The zero-order valence-electron chi connectivity index (χ0n) is 13.2. The minimum atomic E-state index is -0.238. The van der Waals surface area contributed by atoms with Gasteiger partial charge in [-0.05, 0) is 46.2 Å². The van der Waals surface area contributed by atoms with E-state index in [0.29, 0.717) is 6.54 Å². The highest BCUT2D eigenvalue weighted by Gasteiger charge is 2.19. The van der Waals surface area contributed by atoms with Crippen molar-refractivity contribution in [2.24, 2.45) is 0 Å². The Hall–Kier alpha value is -0.650. The number of ether oxygens (including phenoxy) is 1. The van der Waals surface area contributed by atoms with Crippen LogP contribution in [0.3, 0.4) is 0 Å². The van der Waals surface area contributed by atoms with Gasteiger partial charge < -0.3 is 19.9 Å². The quantitative estimate of drug-likeness (QED) is 0.564. The first kappa shape index (κ1) is 18.4. The molecular formula is C14H31N3O2. The van der Waals surface area contributed by atoms with E-state index in [1.54, 1.807) is 7.05 Å². The van der Waals surface area contributed by atoms with Crippen LogP contribution in [0, 0.1) is 0 Å². The molecule has 0 aromatic heterocycles. The number of carbonyl (C=O) groups is 1. The third-order valence-electron chi connectivity index (χ3n) is 3.57. The van der Waals surface area contributed by atoms with Gasteiger partial charge >= 0.3 is 5.97 Å². The number of carbonyl (C=O) groups excluding carboxylic acids is 1. The fourth-order valence-corrected chi connectivity index (χ4v) is 2.12. The van der Waals surface area contributed by atoms with Gasteiger partial charge in [-0.2, -0.15) is 0 Å². The minimum absolute atomic E-state index is 0.190. The van der Waals surface area contributed by atoms with Gasteiger partial charge in [-0.25, -0.2) is 0 Å². The first-order valence-electron chi connectivity index (χ1n) is 7.32. The second kappa shape index (κ2) is 11.2. The van der Waals surface area contributed by atoms with E-state index in [9.17, 15) is 4.79 Å². The molecule has 0 aliphatic heterocycles. The largest absolute Gasteiger partial charge is 0.468 e. The van der Waals surface area contributed by atoms with Crippen molar-refractivity contribution in [2.75, 3.05) is 53.4 Å². The molecular weight excluding hydrogens is 242 g/mol. The monoisotopic (exact) mass is 273 g/mol. The Bertz CT molecular complexity index is 233. The summed E-state index contributed by atoms with van der Waals surface area (Å²) in [6.45, 7) is 12.5. The maximum absolute atomic E-state index is 11.5. The van der Waals surface area contributed by atoms with E-state index in [1.165, 1.54) is 7.11 Å². The van der Waals surface area contributed by atoms with Crippen molar-refractivity contribution in [2.45, 2.75) is 33.2 Å². The number of esters is 1. The lowest BCUT2D eigenvalue weighted by molar-refractivity contribution is -0.143. The predicted octanol–water partition coefficient (Wildman–Crippen LogP) is 0.801. The normalized spacial score (nSPS) is 13.0. The number of hydrogen-bond donors (Lipinski definition) is 1. The summed E-state index contributed by atoms with van der Waals surface area (Å²) in [5.74, 6) is -0.190. The smallest absolute Gasteiger partial charge is 0.324 e. The van der Waals surface area contributed by atoms with Crippen molar-refractivity contribution in [1.82, 2.24) is 15.1 Å². The molecule has 0 bridgehead atoms. The van der Waals surface area contributed by atoms with E-state index >= 15 is 0 Å². The van der Waals surface area contributed by atoms with E-state index in [1.807, 2.05) is 0 Å². The van der Waals surface area contributed by atoms with Crippen LogP contribution < -0.4 is 5.32 Å². The van der Waals surface area contributed by atoms with Crippen LogP contribution in [0.4, 0.5) is 0 Å². The summed E-state index contributed by atoms with van der Waals surface area (Å²) in [4.78, 5) is 16.3. The molecule has 0 saturated heterocycles. The molecule has 5 heteroatoms. The molecule has 0 fully saturated rings. The van der Waals surface area contributed by atoms with E-state index in [-0.39, 0.29) is 12.0 Å². The molecule has 1 unspecified atom stereocenters. The molecule has 0 radical (unpaired) electrons. The Kier molecular flexibility index (Phi) is 10.8. The van der Waals surface area contributed by atoms with Crippen molar-refractivity contribution in [3.8, 4) is 0 Å². The van der Waals surface area contributed by atoms with Gasteiger partial charge in [0.2, 0.25) is 0 Å². The van der Waals surface area contributed by atoms with E-state index in [0.717, 1.165) is 39.1 Å². The summed E-state index contributed by atoms with van der Waals surface area (Å²) in [7, 11) is 3.23. The lowest BCUT2D eigenvalue weighted by Gasteiger charge is -2.26. The highest BCUT2D eigenvalue weighted by Crippen LogP contribution is 1.99. The number of nitrogens with zero attached hydrogens (tertiary/aromatic N) is 2. The summed E-state index contributed by atoms with van der Waals surface area (Å²) in [6.07, 6.45) is 1.13. The Morgan fingerprint density at radius 1 is 1.11 bits per heavy atom. The maximum atomic E-state index is 11.5. The average Bonchev–Trinajstić information content (AvgIpc) is 2.46. The van der Waals surface area contributed by atoms with Crippen molar-refractivity contribution in [1.29, 1.82) is 0 Å². The van der Waals surface area contributed by atoms with Gasteiger partial charge in [0, 0.05) is 6.54 Å². The van der Waals surface area contributed by atoms with Gasteiger partial charge in [0.1, 0.15) is 6.04 Å². The summed E-state index contributed by atoms with van der Waals surface area (Å²) < 4.78 is 4.79. The molecule has 0 rings (SSSR count). The van der Waals surface area contributed by atoms with Gasteiger partial charge in [-0.3, -0.25) is 4.79 Å². The molecule has 0 saturated carbocycles. The molecule has 0 aromatic rings. The van der Waals surface area contributed by atoms with Crippen molar-refractivity contribution < 1.29 is 9.53 Å². The average molecular weight is 273 g/mol. The molecule has 114 valence electrons. The molecule has 0 aliphatic rings. The maximum Gasteiger partial charge on any atom is 0.324 e. The van der Waals surface area contributed by atoms with Crippen LogP contribution in [0.25, 0.3) is 0 Å². The first-order valence-corrected chi connectivity index (χ1v) is 7.32. The first-order chi connectivity index (χ1) is 9.12. The van der Waals surface area contributed by atoms with Crippen molar-refractivity contribution in [3.05, 3.63) is 0 Å². The second-order valence-corrected chi connectivity index (χ2v) is 4.64. The van der Waals surface area contributed by atoms with Crippen molar-refractivity contribution >= 4 is 5.97 Å². The predicted molar refractivity (Wildman–Crippen MR) is 79.4 cm³/mol. The van der Waals surface area contributed by atoms with Crippen LogP contribution >= 0.6 is 0 Å². The molecule has 5 nitrogen and oxygen atoms in total. The summed E-state index contributed by atoms with van der Waals surface area (Å²) >= 11 is 0. The molecule has 19 heavy (non-hydrogen) atoms. The lowest BCUT2D eigenvalue weighted by Crippen LogP contribution is -2.45. The van der Waals surface area contributed by atoms with Crippen LogP contribution in [0.15, 0.2) is 0 Å². The van der Waals surface area contributed by atoms with Gasteiger partial charge in [0.15, 0.2) is 0 Å². The zero-order chi connectivity index (χ0) is 14.7. The van der Waals surface area contributed by atoms with Gasteiger partial charge in [-0.15, -0.1) is 0 Å². The van der Waals surface area contributed by atoms with Crippen LogP contribution in [0.5, 0.6) is 0 Å². The molecule has 1 N–H and O–H groups in total. The Morgan fingerprint density at radius 3 is 2.05 bits per heavy atom. The Balaban J connectivity index is 4.09. The molecule has 0 spiro atoms. The fourth-order valence-electron chi connectivity index (χ4n) is 2.12. The Morgan fingerprint density at radius 2 is 1.63 bits per heavy atom. The standard InChI is InChI=1S/C14H31N3O2/c1-6-16(7-2)10-9-11-17(8-3)12-13(15-4)14(18)19-5/h13,15H,6-12H2,1-5H3. The number of hydrogen-bond acceptors (Lipinski definition) is 5. The van der Waals surface area contributed by atoms with E-state index in [2.05, 4.69) is 35.9 Å². The third-order valence-corrected chi connectivity index (χ3v) is 3.57. The van der Waals surface area contributed by atoms with E-state index in [4.69, 9.17) is 4.74 Å².